The van der Waals surface area contributed by atoms with E-state index in [1.54, 1.807) is 19.9 Å². The van der Waals surface area contributed by atoms with E-state index in [0.29, 0.717) is 18.2 Å². The van der Waals surface area contributed by atoms with E-state index in [1.165, 1.54) is 0 Å². The molecule has 16 heavy (non-hydrogen) atoms. The second kappa shape index (κ2) is 6.41. The van der Waals surface area contributed by atoms with Crippen LogP contribution >= 0.6 is 19.2 Å². The normalized spacial score (nSPS) is 11.7. The van der Waals surface area contributed by atoms with Crippen LogP contribution in [-0.4, -0.2) is 13.2 Å². The summed E-state index contributed by atoms with van der Waals surface area (Å²) in [6.07, 6.45) is 0.217. The predicted molar refractivity (Wildman–Crippen MR) is 66.0 cm³/mol. The van der Waals surface area contributed by atoms with E-state index >= 15 is 0 Å². The molecule has 3 nitrogen and oxygen atoms in total. The predicted octanol–water partition coefficient (Wildman–Crippen LogP) is 4.11. The maximum Gasteiger partial charge on any atom is 0.335 e. The Morgan fingerprint density at radius 2 is 1.75 bits per heavy atom. The number of rotatable bonds is 6. The number of benzene rings is 1. The summed E-state index contributed by atoms with van der Waals surface area (Å²) in [7, 11) is -3.05. The third-order valence-electron chi connectivity index (χ3n) is 1.97. The summed E-state index contributed by atoms with van der Waals surface area (Å²) in [4.78, 5) is 0. The standard InChI is InChI=1S/C11H16ClO3P/c1-3-14-16(13,15-4-2)9-10-7-5-6-8-11(10)12/h5-8H,3-4,9H2,1-2H3. The zero-order chi connectivity index (χ0) is 12.0. The smallest absolute Gasteiger partial charge is 0.309 e. The first-order valence-corrected chi connectivity index (χ1v) is 7.33. The fraction of sp³-hybridized carbons (Fsp3) is 0.455. The molecule has 0 fully saturated rings. The lowest BCUT2D eigenvalue weighted by molar-refractivity contribution is 0.219. The molecular weight excluding hydrogens is 247 g/mol. The van der Waals surface area contributed by atoms with Crippen molar-refractivity contribution >= 4 is 19.2 Å². The molecular formula is C11H16ClO3P. The van der Waals surface area contributed by atoms with Gasteiger partial charge in [-0.3, -0.25) is 4.57 Å². The minimum atomic E-state index is -3.05. The van der Waals surface area contributed by atoms with Crippen LogP contribution < -0.4 is 0 Å². The van der Waals surface area contributed by atoms with Crippen LogP contribution in [0.5, 0.6) is 0 Å². The Kier molecular flexibility index (Phi) is 5.50. The van der Waals surface area contributed by atoms with E-state index in [1.807, 2.05) is 18.2 Å². The van der Waals surface area contributed by atoms with E-state index in [4.69, 9.17) is 20.6 Å². The Hall–Kier alpha value is -0.340. The quantitative estimate of drug-likeness (QED) is 0.724. The molecule has 0 N–H and O–H groups in total. The molecule has 0 amide bonds. The first kappa shape index (κ1) is 13.7. The molecule has 0 aromatic heterocycles. The topological polar surface area (TPSA) is 35.5 Å². The molecule has 1 aromatic carbocycles. The molecule has 0 spiro atoms. The van der Waals surface area contributed by atoms with E-state index in [0.717, 1.165) is 5.56 Å². The fourth-order valence-electron chi connectivity index (χ4n) is 1.36. The SMILES string of the molecule is CCOP(=O)(Cc1ccccc1Cl)OCC. The van der Waals surface area contributed by atoms with Crippen molar-refractivity contribution in [3.8, 4) is 0 Å². The van der Waals surface area contributed by atoms with Crippen molar-refractivity contribution in [3.63, 3.8) is 0 Å². The maximum atomic E-state index is 12.2. The van der Waals surface area contributed by atoms with E-state index < -0.39 is 7.60 Å². The molecule has 0 saturated carbocycles. The Morgan fingerprint density at radius 3 is 2.25 bits per heavy atom. The molecule has 90 valence electrons. The van der Waals surface area contributed by atoms with Crippen molar-refractivity contribution in [1.29, 1.82) is 0 Å². The van der Waals surface area contributed by atoms with Crippen LogP contribution in [0.3, 0.4) is 0 Å². The summed E-state index contributed by atoms with van der Waals surface area (Å²) in [5.41, 5.74) is 0.786. The number of halogens is 1. The van der Waals surface area contributed by atoms with Gasteiger partial charge in [-0.15, -0.1) is 0 Å². The molecule has 1 rings (SSSR count). The van der Waals surface area contributed by atoms with Crippen LogP contribution in [0.25, 0.3) is 0 Å². The Labute approximate surface area is 101 Å². The van der Waals surface area contributed by atoms with Gasteiger partial charge in [0.15, 0.2) is 0 Å². The number of hydrogen-bond donors (Lipinski definition) is 0. The maximum absolute atomic E-state index is 12.2. The highest BCUT2D eigenvalue weighted by molar-refractivity contribution is 7.53. The van der Waals surface area contributed by atoms with Crippen LogP contribution in [0.4, 0.5) is 0 Å². The summed E-state index contributed by atoms with van der Waals surface area (Å²) in [5, 5.41) is 0.585. The van der Waals surface area contributed by atoms with E-state index in [2.05, 4.69) is 0 Å². The Bertz CT molecular complexity index is 371. The molecule has 0 aliphatic rings. The highest BCUT2D eigenvalue weighted by Gasteiger charge is 2.24. The largest absolute Gasteiger partial charge is 0.335 e. The minimum Gasteiger partial charge on any atom is -0.309 e. The van der Waals surface area contributed by atoms with Gasteiger partial charge in [-0.2, -0.15) is 0 Å². The lowest BCUT2D eigenvalue weighted by Gasteiger charge is -2.17. The van der Waals surface area contributed by atoms with Gasteiger partial charge in [-0.1, -0.05) is 29.8 Å². The van der Waals surface area contributed by atoms with Gasteiger partial charge in [0.25, 0.3) is 0 Å². The zero-order valence-electron chi connectivity index (χ0n) is 9.48. The molecule has 0 saturated heterocycles. The van der Waals surface area contributed by atoms with Gasteiger partial charge < -0.3 is 9.05 Å². The summed E-state index contributed by atoms with van der Waals surface area (Å²) >= 11 is 6.00. The van der Waals surface area contributed by atoms with Crippen molar-refractivity contribution in [3.05, 3.63) is 34.9 Å². The van der Waals surface area contributed by atoms with Crippen LogP contribution in [-0.2, 0) is 19.8 Å². The Balaban J connectivity index is 2.83. The minimum absolute atomic E-state index is 0.217. The molecule has 0 aliphatic carbocycles. The highest BCUT2D eigenvalue weighted by atomic mass is 35.5. The Morgan fingerprint density at radius 1 is 1.19 bits per heavy atom. The van der Waals surface area contributed by atoms with Crippen molar-refractivity contribution < 1.29 is 13.6 Å². The van der Waals surface area contributed by atoms with Gasteiger partial charge >= 0.3 is 7.60 Å². The van der Waals surface area contributed by atoms with Gasteiger partial charge in [0.05, 0.1) is 19.4 Å². The summed E-state index contributed by atoms with van der Waals surface area (Å²) < 4.78 is 22.6. The zero-order valence-corrected chi connectivity index (χ0v) is 11.1. The van der Waals surface area contributed by atoms with Gasteiger partial charge in [0.2, 0.25) is 0 Å². The van der Waals surface area contributed by atoms with Crippen molar-refractivity contribution in [2.24, 2.45) is 0 Å². The average Bonchev–Trinajstić information content (AvgIpc) is 2.22. The van der Waals surface area contributed by atoms with Crippen molar-refractivity contribution in [1.82, 2.24) is 0 Å². The summed E-state index contributed by atoms with van der Waals surface area (Å²) in [6, 6.07) is 7.27. The lowest BCUT2D eigenvalue weighted by atomic mass is 10.2. The molecule has 5 heteroatoms. The summed E-state index contributed by atoms with van der Waals surface area (Å²) in [6.45, 7) is 4.31. The van der Waals surface area contributed by atoms with Gasteiger partial charge in [0, 0.05) is 5.02 Å². The first-order chi connectivity index (χ1) is 7.61. The third kappa shape index (κ3) is 3.91. The fourth-order valence-corrected chi connectivity index (χ4v) is 3.39. The molecule has 0 radical (unpaired) electrons. The average molecular weight is 263 g/mol. The van der Waals surface area contributed by atoms with Crippen molar-refractivity contribution in [2.75, 3.05) is 13.2 Å². The van der Waals surface area contributed by atoms with Gasteiger partial charge in [-0.05, 0) is 25.5 Å². The molecule has 0 bridgehead atoms. The first-order valence-electron chi connectivity index (χ1n) is 5.23. The molecule has 1 aromatic rings. The van der Waals surface area contributed by atoms with E-state index in [-0.39, 0.29) is 6.16 Å². The van der Waals surface area contributed by atoms with Crippen LogP contribution in [0.1, 0.15) is 19.4 Å². The van der Waals surface area contributed by atoms with Gasteiger partial charge in [-0.25, -0.2) is 0 Å². The second-order valence-corrected chi connectivity index (χ2v) is 5.66. The second-order valence-electron chi connectivity index (χ2n) is 3.20. The number of hydrogen-bond acceptors (Lipinski definition) is 3. The highest BCUT2D eigenvalue weighted by Crippen LogP contribution is 2.51. The summed E-state index contributed by atoms with van der Waals surface area (Å²) in [5.74, 6) is 0. The molecule has 0 aliphatic heterocycles. The van der Waals surface area contributed by atoms with Gasteiger partial charge in [0.1, 0.15) is 0 Å². The molecule has 0 atom stereocenters. The van der Waals surface area contributed by atoms with Crippen LogP contribution in [0.15, 0.2) is 24.3 Å². The third-order valence-corrected chi connectivity index (χ3v) is 4.37. The molecule has 0 heterocycles. The van der Waals surface area contributed by atoms with E-state index in [9.17, 15) is 4.57 Å². The molecule has 0 unspecified atom stereocenters. The lowest BCUT2D eigenvalue weighted by Crippen LogP contribution is -1.99. The monoisotopic (exact) mass is 262 g/mol. The van der Waals surface area contributed by atoms with Crippen molar-refractivity contribution in [2.45, 2.75) is 20.0 Å². The van der Waals surface area contributed by atoms with Crippen LogP contribution in [0.2, 0.25) is 5.02 Å². The van der Waals surface area contributed by atoms with Crippen LogP contribution in [0, 0.1) is 0 Å².